The minimum Gasteiger partial charge on any atom is -0.465 e. The zero-order valence-electron chi connectivity index (χ0n) is 16.5. The number of methoxy groups -OCH3 is 3. The second-order valence-electron chi connectivity index (χ2n) is 5.82. The van der Waals surface area contributed by atoms with E-state index in [4.69, 9.17) is 4.74 Å². The lowest BCUT2D eigenvalue weighted by atomic mass is 10.1. The van der Waals surface area contributed by atoms with Crippen LogP contribution in [0.5, 0.6) is 0 Å². The van der Waals surface area contributed by atoms with E-state index in [0.29, 0.717) is 5.69 Å². The molecule has 1 amide bonds. The van der Waals surface area contributed by atoms with Gasteiger partial charge in [0.2, 0.25) is 5.91 Å². The fourth-order valence-corrected chi connectivity index (χ4v) is 2.67. The molecule has 2 rings (SSSR count). The van der Waals surface area contributed by atoms with Gasteiger partial charge < -0.3 is 19.1 Å². The Kier molecular flexibility index (Phi) is 7.07. The van der Waals surface area contributed by atoms with Crippen molar-refractivity contribution in [2.75, 3.05) is 33.3 Å². The van der Waals surface area contributed by atoms with Crippen LogP contribution >= 0.6 is 0 Å². The maximum Gasteiger partial charge on any atom is 0.434 e. The maximum absolute atomic E-state index is 12.6. The summed E-state index contributed by atoms with van der Waals surface area (Å²) in [5, 5.41) is 3.84. The lowest BCUT2D eigenvalue weighted by molar-refractivity contribution is -0.118. The van der Waals surface area contributed by atoms with Gasteiger partial charge in [-0.2, -0.15) is 9.78 Å². The average molecular weight is 403 g/mol. The number of carbonyl (C=O) groups is 4. The minimum absolute atomic E-state index is 0.0129. The van der Waals surface area contributed by atoms with Gasteiger partial charge in [0.05, 0.1) is 27.0 Å². The van der Waals surface area contributed by atoms with Crippen molar-refractivity contribution in [1.82, 2.24) is 9.78 Å². The molecule has 1 aromatic carbocycles. The fraction of sp³-hybridized carbons (Fsp3) is 0.316. The van der Waals surface area contributed by atoms with Crippen molar-refractivity contribution in [2.45, 2.75) is 12.8 Å². The van der Waals surface area contributed by atoms with Crippen molar-refractivity contribution >= 4 is 29.6 Å². The zero-order valence-corrected chi connectivity index (χ0v) is 16.5. The largest absolute Gasteiger partial charge is 0.465 e. The van der Waals surface area contributed by atoms with E-state index in [1.165, 1.54) is 4.90 Å². The van der Waals surface area contributed by atoms with E-state index >= 15 is 0 Å². The molecule has 1 heterocycles. The highest BCUT2D eigenvalue weighted by Crippen LogP contribution is 2.21. The Labute approximate surface area is 166 Å². The number of anilines is 1. The van der Waals surface area contributed by atoms with Crippen molar-refractivity contribution in [3.05, 3.63) is 47.3 Å². The van der Waals surface area contributed by atoms with Crippen molar-refractivity contribution in [3.63, 3.8) is 0 Å². The summed E-state index contributed by atoms with van der Waals surface area (Å²) in [6, 6.07) is 8.96. The van der Waals surface area contributed by atoms with Crippen LogP contribution in [-0.4, -0.2) is 62.1 Å². The van der Waals surface area contributed by atoms with Gasteiger partial charge >= 0.3 is 18.0 Å². The molecule has 154 valence electrons. The summed E-state index contributed by atoms with van der Waals surface area (Å²) in [7, 11) is 4.96. The van der Waals surface area contributed by atoms with Gasteiger partial charge in [-0.25, -0.2) is 14.4 Å². The van der Waals surface area contributed by atoms with Crippen LogP contribution in [0.3, 0.4) is 0 Å². The lowest BCUT2D eigenvalue weighted by Crippen LogP contribution is -2.27. The molecular weight excluding hydrogens is 382 g/mol. The van der Waals surface area contributed by atoms with E-state index in [9.17, 15) is 19.2 Å². The van der Waals surface area contributed by atoms with Crippen LogP contribution < -0.4 is 4.90 Å². The Balaban J connectivity index is 2.40. The first-order chi connectivity index (χ1) is 13.8. The predicted octanol–water partition coefficient (Wildman–Crippen LogP) is 1.67. The van der Waals surface area contributed by atoms with Crippen LogP contribution in [0.15, 0.2) is 30.3 Å². The first kappa shape index (κ1) is 21.6. The Morgan fingerprint density at radius 1 is 0.966 bits per heavy atom. The highest BCUT2D eigenvalue weighted by atomic mass is 16.5. The Morgan fingerprint density at radius 3 is 2.14 bits per heavy atom. The molecule has 1 aromatic heterocycles. The standard InChI is InChI=1S/C19H21N3O7/c1-21(12-8-6-5-7-9-12)14(23)11-10-13-15(17(24)27-2)16(18(25)28-3)20-22(13)19(26)29-4/h5-9H,10-11H2,1-4H3. The molecule has 0 saturated carbocycles. The van der Waals surface area contributed by atoms with Gasteiger partial charge in [-0.05, 0) is 18.6 Å². The molecule has 0 unspecified atom stereocenters. The van der Waals surface area contributed by atoms with Gasteiger partial charge in [0.25, 0.3) is 0 Å². The van der Waals surface area contributed by atoms with Crippen LogP contribution in [0.4, 0.5) is 10.5 Å². The lowest BCUT2D eigenvalue weighted by Gasteiger charge is -2.17. The van der Waals surface area contributed by atoms with E-state index in [1.807, 2.05) is 6.07 Å². The first-order valence-electron chi connectivity index (χ1n) is 8.54. The first-order valence-corrected chi connectivity index (χ1v) is 8.54. The number of esters is 2. The molecule has 0 N–H and O–H groups in total. The van der Waals surface area contributed by atoms with Crippen LogP contribution in [0.1, 0.15) is 33.0 Å². The number of nitrogens with zero attached hydrogens (tertiary/aromatic N) is 3. The molecule has 0 atom stereocenters. The second kappa shape index (κ2) is 9.49. The number of amides is 1. The van der Waals surface area contributed by atoms with Crippen LogP contribution in [0, 0.1) is 0 Å². The normalized spacial score (nSPS) is 10.2. The molecule has 0 spiro atoms. The van der Waals surface area contributed by atoms with Crippen molar-refractivity contribution in [3.8, 4) is 0 Å². The number of ether oxygens (including phenoxy) is 3. The molecule has 0 aliphatic rings. The molecule has 0 aliphatic carbocycles. The number of benzene rings is 1. The van der Waals surface area contributed by atoms with Gasteiger partial charge in [-0.15, -0.1) is 0 Å². The summed E-state index contributed by atoms with van der Waals surface area (Å²) < 4.78 is 14.8. The Hall–Kier alpha value is -3.69. The van der Waals surface area contributed by atoms with E-state index < -0.39 is 23.7 Å². The van der Waals surface area contributed by atoms with Crippen molar-refractivity contribution in [2.24, 2.45) is 0 Å². The van der Waals surface area contributed by atoms with E-state index in [-0.39, 0.29) is 30.0 Å². The average Bonchev–Trinajstić information content (AvgIpc) is 3.15. The topological polar surface area (TPSA) is 117 Å². The number of para-hydroxylation sites is 1. The van der Waals surface area contributed by atoms with E-state index in [1.54, 1.807) is 31.3 Å². The molecular formula is C19H21N3O7. The summed E-state index contributed by atoms with van der Waals surface area (Å²) in [5.74, 6) is -2.09. The summed E-state index contributed by atoms with van der Waals surface area (Å²) in [6.45, 7) is 0. The number of rotatable bonds is 6. The predicted molar refractivity (Wildman–Crippen MR) is 101 cm³/mol. The molecule has 0 fully saturated rings. The summed E-state index contributed by atoms with van der Waals surface area (Å²) in [6.07, 6.45) is -1.07. The van der Waals surface area contributed by atoms with Gasteiger partial charge in [0, 0.05) is 19.2 Å². The highest BCUT2D eigenvalue weighted by Gasteiger charge is 2.32. The monoisotopic (exact) mass is 403 g/mol. The quantitative estimate of drug-likeness (QED) is 0.528. The smallest absolute Gasteiger partial charge is 0.434 e. The maximum atomic E-state index is 12.6. The van der Waals surface area contributed by atoms with Gasteiger partial charge in [0.1, 0.15) is 5.56 Å². The Bertz CT molecular complexity index is 921. The fourth-order valence-electron chi connectivity index (χ4n) is 2.67. The van der Waals surface area contributed by atoms with Crippen molar-refractivity contribution < 1.29 is 33.4 Å². The Morgan fingerprint density at radius 2 is 1.59 bits per heavy atom. The highest BCUT2D eigenvalue weighted by molar-refractivity contribution is 6.03. The molecule has 0 bridgehead atoms. The van der Waals surface area contributed by atoms with Gasteiger partial charge in [-0.1, -0.05) is 18.2 Å². The molecule has 29 heavy (non-hydrogen) atoms. The number of hydrogen-bond acceptors (Lipinski definition) is 8. The minimum atomic E-state index is -0.929. The van der Waals surface area contributed by atoms with E-state index in [2.05, 4.69) is 14.6 Å². The molecule has 0 saturated heterocycles. The summed E-state index contributed by atoms with van der Waals surface area (Å²) >= 11 is 0. The third-order valence-electron chi connectivity index (χ3n) is 4.19. The second-order valence-corrected chi connectivity index (χ2v) is 5.82. The molecule has 2 aromatic rings. The summed E-state index contributed by atoms with van der Waals surface area (Å²) in [4.78, 5) is 50.4. The van der Waals surface area contributed by atoms with Crippen LogP contribution in [0.25, 0.3) is 0 Å². The molecule has 0 radical (unpaired) electrons. The van der Waals surface area contributed by atoms with E-state index in [0.717, 1.165) is 26.0 Å². The summed E-state index contributed by atoms with van der Waals surface area (Å²) in [5.41, 5.74) is 0.0462. The SMILES string of the molecule is COC(=O)c1nn(C(=O)OC)c(CCC(=O)N(C)c2ccccc2)c1C(=O)OC. The van der Waals surface area contributed by atoms with Crippen LogP contribution in [-0.2, 0) is 25.4 Å². The molecule has 10 heteroatoms. The zero-order chi connectivity index (χ0) is 21.6. The third-order valence-corrected chi connectivity index (χ3v) is 4.19. The number of carbonyl (C=O) groups excluding carboxylic acids is 4. The van der Waals surface area contributed by atoms with Crippen molar-refractivity contribution in [1.29, 1.82) is 0 Å². The van der Waals surface area contributed by atoms with Gasteiger partial charge in [-0.3, -0.25) is 4.79 Å². The number of hydrogen-bond donors (Lipinski definition) is 0. The third kappa shape index (κ3) is 4.60. The molecule has 10 nitrogen and oxygen atoms in total. The van der Waals surface area contributed by atoms with Gasteiger partial charge in [0.15, 0.2) is 5.69 Å². The van der Waals surface area contributed by atoms with Crippen LogP contribution in [0.2, 0.25) is 0 Å². The number of aromatic nitrogens is 2. The molecule has 0 aliphatic heterocycles.